The molecule has 1 saturated carbocycles. The number of ether oxygens (including phenoxy) is 1. The highest BCUT2D eigenvalue weighted by Crippen LogP contribution is 2.42. The number of fused-ring (bicyclic) bond motifs is 1. The molecule has 0 radical (unpaired) electrons. The lowest BCUT2D eigenvalue weighted by Crippen LogP contribution is -2.40. The number of halogens is 2. The molecule has 8 heteroatoms. The summed E-state index contributed by atoms with van der Waals surface area (Å²) in [4.78, 5) is 19.9. The number of benzene rings is 2. The number of imidazole rings is 1. The van der Waals surface area contributed by atoms with Gasteiger partial charge in [0, 0.05) is 28.7 Å². The summed E-state index contributed by atoms with van der Waals surface area (Å²) in [6.45, 7) is 1.90. The molecule has 1 amide bonds. The van der Waals surface area contributed by atoms with Crippen LogP contribution in [0.1, 0.15) is 69.8 Å². The average molecular weight is 530 g/mol. The van der Waals surface area contributed by atoms with Crippen LogP contribution in [0, 0.1) is 5.82 Å². The molecule has 0 spiro atoms. The van der Waals surface area contributed by atoms with E-state index in [0.29, 0.717) is 24.9 Å². The van der Waals surface area contributed by atoms with Crippen LogP contribution in [0.25, 0.3) is 11.0 Å². The molecular formula is C26H29BrFN3O3. The third kappa shape index (κ3) is 4.22. The van der Waals surface area contributed by atoms with Crippen molar-refractivity contribution in [1.29, 1.82) is 0 Å². The molecule has 6 nitrogen and oxygen atoms in total. The van der Waals surface area contributed by atoms with Crippen LogP contribution in [0.2, 0.25) is 0 Å². The molecule has 34 heavy (non-hydrogen) atoms. The number of aliphatic hydroxyl groups is 1. The van der Waals surface area contributed by atoms with Crippen LogP contribution in [0.3, 0.4) is 0 Å². The van der Waals surface area contributed by atoms with Gasteiger partial charge in [0.25, 0.3) is 0 Å². The number of rotatable bonds is 4. The molecule has 1 aliphatic carbocycles. The summed E-state index contributed by atoms with van der Waals surface area (Å²) < 4.78 is 22.9. The third-order valence-electron chi connectivity index (χ3n) is 7.24. The van der Waals surface area contributed by atoms with E-state index in [1.54, 1.807) is 17.0 Å². The first-order valence-corrected chi connectivity index (χ1v) is 12.6. The van der Waals surface area contributed by atoms with Crippen molar-refractivity contribution >= 4 is 38.6 Å². The van der Waals surface area contributed by atoms with E-state index in [0.717, 1.165) is 47.0 Å². The number of piperidine rings is 1. The summed E-state index contributed by atoms with van der Waals surface area (Å²) in [5.41, 5.74) is 1.74. The van der Waals surface area contributed by atoms with E-state index in [2.05, 4.69) is 26.6 Å². The summed E-state index contributed by atoms with van der Waals surface area (Å²) >= 11 is 3.55. The molecule has 1 atom stereocenters. The van der Waals surface area contributed by atoms with Crippen LogP contribution in [-0.2, 0) is 4.79 Å². The predicted molar refractivity (Wildman–Crippen MR) is 133 cm³/mol. The van der Waals surface area contributed by atoms with Crippen molar-refractivity contribution in [3.05, 3.63) is 52.5 Å². The van der Waals surface area contributed by atoms with Crippen LogP contribution >= 0.6 is 15.9 Å². The SMILES string of the molecule is COc1ccc(N2C(=O)CCC[C@H]2c2nc3cc(Br)ccc3n2[C@H]2CC[C@@](C)(O)CC2)cc1F. The average Bonchev–Trinajstić information content (AvgIpc) is 3.17. The second-order valence-electron chi connectivity index (χ2n) is 9.69. The number of aromatic nitrogens is 2. The zero-order valence-electron chi connectivity index (χ0n) is 19.4. The Morgan fingerprint density at radius 3 is 2.65 bits per heavy atom. The minimum Gasteiger partial charge on any atom is -0.494 e. The number of carbonyl (C=O) groups excluding carboxylic acids is 1. The van der Waals surface area contributed by atoms with E-state index in [4.69, 9.17) is 9.72 Å². The van der Waals surface area contributed by atoms with E-state index >= 15 is 0 Å². The maximum absolute atomic E-state index is 14.6. The summed E-state index contributed by atoms with van der Waals surface area (Å²) in [6.07, 6.45) is 5.01. The lowest BCUT2D eigenvalue weighted by Gasteiger charge is -2.38. The maximum atomic E-state index is 14.6. The van der Waals surface area contributed by atoms with Crippen molar-refractivity contribution in [1.82, 2.24) is 9.55 Å². The Kier molecular flexibility index (Phi) is 6.14. The molecule has 1 saturated heterocycles. The highest BCUT2D eigenvalue weighted by Gasteiger charge is 2.37. The van der Waals surface area contributed by atoms with Crippen molar-refractivity contribution in [2.45, 2.75) is 69.6 Å². The van der Waals surface area contributed by atoms with Crippen LogP contribution < -0.4 is 9.64 Å². The lowest BCUT2D eigenvalue weighted by molar-refractivity contribution is -0.120. The molecule has 0 unspecified atom stereocenters. The summed E-state index contributed by atoms with van der Waals surface area (Å²) in [5.74, 6) is 0.441. The van der Waals surface area contributed by atoms with Crippen LogP contribution in [0.15, 0.2) is 40.9 Å². The standard InChI is InChI=1S/C26H29BrFN3O3/c1-26(33)12-10-17(11-13-26)31-21-8-6-16(27)14-20(21)29-25(31)22-4-3-5-24(32)30(22)18-7-9-23(34-2)19(28)15-18/h6-9,14-15,17,22,33H,3-5,10-13H2,1-2H3/t17-,22-,26+/m0/s1. The van der Waals surface area contributed by atoms with Gasteiger partial charge in [-0.1, -0.05) is 15.9 Å². The Balaban J connectivity index is 1.63. The first-order valence-electron chi connectivity index (χ1n) is 11.8. The Morgan fingerprint density at radius 1 is 1.18 bits per heavy atom. The van der Waals surface area contributed by atoms with Gasteiger partial charge in [0.15, 0.2) is 11.6 Å². The molecule has 2 heterocycles. The van der Waals surface area contributed by atoms with Crippen molar-refractivity contribution in [3.63, 3.8) is 0 Å². The minimum atomic E-state index is -0.649. The monoisotopic (exact) mass is 529 g/mol. The molecule has 1 aliphatic heterocycles. The number of methoxy groups -OCH3 is 1. The number of carbonyl (C=O) groups is 1. The van der Waals surface area contributed by atoms with Gasteiger partial charge < -0.3 is 19.3 Å². The van der Waals surface area contributed by atoms with Gasteiger partial charge in [-0.25, -0.2) is 9.37 Å². The first-order chi connectivity index (χ1) is 16.3. The number of hydrogen-bond acceptors (Lipinski definition) is 4. The molecule has 5 rings (SSSR count). The van der Waals surface area contributed by atoms with Gasteiger partial charge in [0.2, 0.25) is 5.91 Å². The normalized spacial score (nSPS) is 25.7. The van der Waals surface area contributed by atoms with Crippen molar-refractivity contribution in [3.8, 4) is 5.75 Å². The summed E-state index contributed by atoms with van der Waals surface area (Å²) in [6, 6.07) is 10.6. The molecule has 1 aromatic heterocycles. The van der Waals surface area contributed by atoms with Crippen molar-refractivity contribution < 1.29 is 19.0 Å². The number of amides is 1. The molecule has 3 aromatic rings. The zero-order chi connectivity index (χ0) is 24.0. The lowest BCUT2D eigenvalue weighted by atomic mass is 9.83. The fourth-order valence-corrected chi connectivity index (χ4v) is 5.78. The Morgan fingerprint density at radius 2 is 1.94 bits per heavy atom. The minimum absolute atomic E-state index is 0.0350. The van der Waals surface area contributed by atoms with Crippen LogP contribution in [0.5, 0.6) is 5.75 Å². The van der Waals surface area contributed by atoms with Gasteiger partial charge >= 0.3 is 0 Å². The zero-order valence-corrected chi connectivity index (χ0v) is 21.0. The third-order valence-corrected chi connectivity index (χ3v) is 7.73. The van der Waals surface area contributed by atoms with E-state index in [-0.39, 0.29) is 23.7 Å². The predicted octanol–water partition coefficient (Wildman–Crippen LogP) is 6.07. The fourth-order valence-electron chi connectivity index (χ4n) is 5.44. The Labute approximate surface area is 206 Å². The summed E-state index contributed by atoms with van der Waals surface area (Å²) in [7, 11) is 1.43. The van der Waals surface area contributed by atoms with Crippen LogP contribution in [-0.4, -0.2) is 33.3 Å². The smallest absolute Gasteiger partial charge is 0.227 e. The first kappa shape index (κ1) is 23.3. The molecular weight excluding hydrogens is 501 g/mol. The fraction of sp³-hybridized carbons (Fsp3) is 0.462. The van der Waals surface area contributed by atoms with Gasteiger partial charge in [0.05, 0.1) is 29.8 Å². The Bertz CT molecular complexity index is 1230. The van der Waals surface area contributed by atoms with E-state index in [1.807, 2.05) is 19.1 Å². The summed E-state index contributed by atoms with van der Waals surface area (Å²) in [5, 5.41) is 10.5. The molecule has 2 aromatic carbocycles. The number of nitrogens with zero attached hydrogens (tertiary/aromatic N) is 3. The van der Waals surface area contributed by atoms with E-state index < -0.39 is 11.4 Å². The second-order valence-corrected chi connectivity index (χ2v) is 10.6. The van der Waals surface area contributed by atoms with Gasteiger partial charge in [-0.05, 0) is 75.8 Å². The van der Waals surface area contributed by atoms with Crippen LogP contribution in [0.4, 0.5) is 10.1 Å². The van der Waals surface area contributed by atoms with E-state index in [1.165, 1.54) is 13.2 Å². The quantitative estimate of drug-likeness (QED) is 0.445. The second kappa shape index (κ2) is 8.96. The Hall–Kier alpha value is -2.45. The molecule has 0 bridgehead atoms. The van der Waals surface area contributed by atoms with Gasteiger partial charge in [-0.2, -0.15) is 0 Å². The molecule has 2 fully saturated rings. The number of anilines is 1. The van der Waals surface area contributed by atoms with Crippen molar-refractivity contribution in [2.24, 2.45) is 0 Å². The molecule has 2 aliphatic rings. The maximum Gasteiger partial charge on any atom is 0.227 e. The highest BCUT2D eigenvalue weighted by molar-refractivity contribution is 9.10. The highest BCUT2D eigenvalue weighted by atomic mass is 79.9. The van der Waals surface area contributed by atoms with E-state index in [9.17, 15) is 14.3 Å². The van der Waals surface area contributed by atoms with Gasteiger partial charge in [-0.3, -0.25) is 4.79 Å². The van der Waals surface area contributed by atoms with Gasteiger partial charge in [-0.15, -0.1) is 0 Å². The topological polar surface area (TPSA) is 67.6 Å². The number of hydrogen-bond donors (Lipinski definition) is 1. The molecule has 180 valence electrons. The molecule has 1 N–H and O–H groups in total. The largest absolute Gasteiger partial charge is 0.494 e. The van der Waals surface area contributed by atoms with Crippen molar-refractivity contribution in [2.75, 3.05) is 12.0 Å². The van der Waals surface area contributed by atoms with Gasteiger partial charge in [0.1, 0.15) is 5.82 Å².